The lowest BCUT2D eigenvalue weighted by Crippen LogP contribution is -1.88. The van der Waals surface area contributed by atoms with Gasteiger partial charge in [0.05, 0.1) is 12.1 Å². The number of fused-ring (bicyclic) bond motifs is 1. The Morgan fingerprint density at radius 1 is 1.11 bits per heavy atom. The number of benzene rings is 2. The third-order valence-corrected chi connectivity index (χ3v) is 4.68. The van der Waals surface area contributed by atoms with Crippen molar-refractivity contribution in [3.05, 3.63) is 64.8 Å². The molecule has 0 unspecified atom stereocenters. The number of rotatable bonds is 3. The monoisotopic (exact) mass is 333 g/mol. The van der Waals surface area contributed by atoms with Gasteiger partial charge in [-0.15, -0.1) is 0 Å². The van der Waals surface area contributed by atoms with Crippen molar-refractivity contribution < 1.29 is 5.11 Å². The molecule has 0 spiro atoms. The molecule has 0 amide bonds. The van der Waals surface area contributed by atoms with Gasteiger partial charge in [-0.1, -0.05) is 34.1 Å². The van der Waals surface area contributed by atoms with Crippen LogP contribution in [-0.2, 0) is 6.61 Å². The van der Waals surface area contributed by atoms with Crippen LogP contribution < -0.4 is 0 Å². The van der Waals surface area contributed by atoms with Crippen LogP contribution >= 0.6 is 27.9 Å². The molecule has 1 heterocycles. The first-order valence-corrected chi connectivity index (χ1v) is 7.48. The Balaban J connectivity index is 2.03. The van der Waals surface area contributed by atoms with E-state index >= 15 is 0 Å². The summed E-state index contributed by atoms with van der Waals surface area (Å²) >= 11 is 5.18. The summed E-state index contributed by atoms with van der Waals surface area (Å²) in [7, 11) is 0. The molecule has 96 valence electrons. The predicted molar refractivity (Wildman–Crippen MR) is 83.3 cm³/mol. The van der Waals surface area contributed by atoms with Gasteiger partial charge in [-0.05, 0) is 47.8 Å². The maximum Gasteiger partial charge on any atom is 0.0693 e. The van der Waals surface area contributed by atoms with E-state index in [-0.39, 0.29) is 6.61 Å². The van der Waals surface area contributed by atoms with Gasteiger partial charge in [-0.3, -0.25) is 3.97 Å². The zero-order chi connectivity index (χ0) is 13.2. The number of aromatic nitrogens is 1. The summed E-state index contributed by atoms with van der Waals surface area (Å²) in [6, 6.07) is 16.4. The van der Waals surface area contributed by atoms with Crippen molar-refractivity contribution in [1.82, 2.24) is 3.97 Å². The smallest absolute Gasteiger partial charge is 0.0693 e. The van der Waals surface area contributed by atoms with E-state index in [2.05, 4.69) is 50.4 Å². The molecule has 3 rings (SSSR count). The zero-order valence-electron chi connectivity index (χ0n) is 10.1. The van der Waals surface area contributed by atoms with E-state index in [0.29, 0.717) is 0 Å². The Bertz CT molecular complexity index is 709. The SMILES string of the molecule is OCc1cc2ccn(Sc3ccccc3)c2cc1Br. The van der Waals surface area contributed by atoms with Gasteiger partial charge in [-0.25, -0.2) is 0 Å². The molecule has 19 heavy (non-hydrogen) atoms. The first-order chi connectivity index (χ1) is 9.28. The normalized spacial score (nSPS) is 11.1. The summed E-state index contributed by atoms with van der Waals surface area (Å²) in [5, 5.41) is 10.4. The van der Waals surface area contributed by atoms with Crippen LogP contribution in [0.4, 0.5) is 0 Å². The molecule has 2 nitrogen and oxygen atoms in total. The predicted octanol–water partition coefficient (Wildman–Crippen LogP) is 4.45. The number of aliphatic hydroxyl groups is 1. The second kappa shape index (κ2) is 5.41. The third kappa shape index (κ3) is 2.56. The fourth-order valence-corrected chi connectivity index (χ4v) is 3.32. The van der Waals surface area contributed by atoms with Gasteiger partial charge < -0.3 is 5.11 Å². The van der Waals surface area contributed by atoms with Gasteiger partial charge in [0.25, 0.3) is 0 Å². The maximum atomic E-state index is 9.28. The summed E-state index contributed by atoms with van der Waals surface area (Å²) in [5.74, 6) is 0. The van der Waals surface area contributed by atoms with Crippen LogP contribution in [0.2, 0.25) is 0 Å². The molecule has 4 heteroatoms. The van der Waals surface area contributed by atoms with E-state index < -0.39 is 0 Å². The molecule has 1 aromatic heterocycles. The lowest BCUT2D eigenvalue weighted by Gasteiger charge is -2.06. The van der Waals surface area contributed by atoms with Crippen LogP contribution in [0.5, 0.6) is 0 Å². The molecule has 0 saturated carbocycles. The van der Waals surface area contributed by atoms with Crippen LogP contribution in [-0.4, -0.2) is 9.08 Å². The van der Waals surface area contributed by atoms with Gasteiger partial charge in [0.2, 0.25) is 0 Å². The summed E-state index contributed by atoms with van der Waals surface area (Å²) in [4.78, 5) is 1.20. The molecule has 1 N–H and O–H groups in total. The van der Waals surface area contributed by atoms with Crippen molar-refractivity contribution in [3.8, 4) is 0 Å². The van der Waals surface area contributed by atoms with Crippen LogP contribution in [0.15, 0.2) is 64.1 Å². The van der Waals surface area contributed by atoms with Gasteiger partial charge in [0, 0.05) is 21.0 Å². The van der Waals surface area contributed by atoms with Crippen LogP contribution in [0.1, 0.15) is 5.56 Å². The highest BCUT2D eigenvalue weighted by molar-refractivity contribution is 9.10. The minimum atomic E-state index is 0.0491. The van der Waals surface area contributed by atoms with Gasteiger partial charge in [-0.2, -0.15) is 0 Å². The molecular formula is C15H12BrNOS. The second-order valence-corrected chi connectivity index (χ2v) is 6.11. The average Bonchev–Trinajstić information content (AvgIpc) is 2.81. The molecule has 0 aliphatic carbocycles. The largest absolute Gasteiger partial charge is 0.392 e. The van der Waals surface area contributed by atoms with Crippen molar-refractivity contribution >= 4 is 38.8 Å². The lowest BCUT2D eigenvalue weighted by atomic mass is 10.2. The molecule has 0 fully saturated rings. The lowest BCUT2D eigenvalue weighted by molar-refractivity contribution is 0.281. The quantitative estimate of drug-likeness (QED) is 0.765. The fourth-order valence-electron chi connectivity index (χ4n) is 1.97. The number of halogens is 1. The van der Waals surface area contributed by atoms with Gasteiger partial charge in [0.15, 0.2) is 0 Å². The minimum absolute atomic E-state index is 0.0491. The standard InChI is InChI=1S/C15H12BrNOS/c16-14-9-15-11(8-12(14)10-18)6-7-17(15)19-13-4-2-1-3-5-13/h1-9,18H,10H2. The van der Waals surface area contributed by atoms with E-state index in [9.17, 15) is 5.11 Å². The molecule has 0 radical (unpaired) electrons. The highest BCUT2D eigenvalue weighted by Gasteiger charge is 2.07. The number of hydrogen-bond donors (Lipinski definition) is 1. The molecule has 0 saturated heterocycles. The van der Waals surface area contributed by atoms with E-state index in [1.54, 1.807) is 11.9 Å². The maximum absolute atomic E-state index is 9.28. The van der Waals surface area contributed by atoms with Crippen molar-refractivity contribution in [2.24, 2.45) is 0 Å². The summed E-state index contributed by atoms with van der Waals surface area (Å²) < 4.78 is 3.08. The molecule has 0 atom stereocenters. The molecule has 0 aliphatic heterocycles. The minimum Gasteiger partial charge on any atom is -0.392 e. The second-order valence-electron chi connectivity index (χ2n) is 4.21. The molecule has 0 aliphatic rings. The Morgan fingerprint density at radius 2 is 1.89 bits per heavy atom. The van der Waals surface area contributed by atoms with Crippen molar-refractivity contribution in [2.45, 2.75) is 11.5 Å². The summed E-state index contributed by atoms with van der Waals surface area (Å²) in [5.41, 5.74) is 2.05. The number of aliphatic hydroxyl groups excluding tert-OH is 1. The van der Waals surface area contributed by atoms with E-state index in [1.807, 2.05) is 24.3 Å². The fraction of sp³-hybridized carbons (Fsp3) is 0.0667. The van der Waals surface area contributed by atoms with Crippen LogP contribution in [0, 0.1) is 0 Å². The first-order valence-electron chi connectivity index (χ1n) is 5.91. The van der Waals surface area contributed by atoms with Gasteiger partial charge in [0.1, 0.15) is 0 Å². The average molecular weight is 334 g/mol. The van der Waals surface area contributed by atoms with Crippen LogP contribution in [0.3, 0.4) is 0 Å². The number of hydrogen-bond acceptors (Lipinski definition) is 2. The molecule has 0 bridgehead atoms. The van der Waals surface area contributed by atoms with E-state index in [4.69, 9.17) is 0 Å². The topological polar surface area (TPSA) is 25.2 Å². The molecule has 2 aromatic carbocycles. The number of nitrogens with zero attached hydrogens (tertiary/aromatic N) is 1. The Kier molecular flexibility index (Phi) is 3.64. The summed E-state index contributed by atoms with van der Waals surface area (Å²) in [6.07, 6.45) is 2.05. The molecule has 3 aromatic rings. The van der Waals surface area contributed by atoms with Crippen molar-refractivity contribution in [3.63, 3.8) is 0 Å². The van der Waals surface area contributed by atoms with Crippen molar-refractivity contribution in [2.75, 3.05) is 0 Å². The van der Waals surface area contributed by atoms with E-state index in [0.717, 1.165) is 20.9 Å². The Hall–Kier alpha value is -1.23. The molecular weight excluding hydrogens is 322 g/mol. The zero-order valence-corrected chi connectivity index (χ0v) is 12.5. The highest BCUT2D eigenvalue weighted by atomic mass is 79.9. The van der Waals surface area contributed by atoms with Gasteiger partial charge >= 0.3 is 0 Å². The Labute approximate surface area is 124 Å². The van der Waals surface area contributed by atoms with Crippen molar-refractivity contribution in [1.29, 1.82) is 0 Å². The van der Waals surface area contributed by atoms with Crippen LogP contribution in [0.25, 0.3) is 10.9 Å². The highest BCUT2D eigenvalue weighted by Crippen LogP contribution is 2.30. The van der Waals surface area contributed by atoms with E-state index in [1.165, 1.54) is 4.90 Å². The summed E-state index contributed by atoms with van der Waals surface area (Å²) in [6.45, 7) is 0.0491. The Morgan fingerprint density at radius 3 is 2.63 bits per heavy atom. The third-order valence-electron chi connectivity index (χ3n) is 2.94. The first kappa shape index (κ1) is 12.8.